The quantitative estimate of drug-likeness (QED) is 0.167. The lowest BCUT2D eigenvalue weighted by atomic mass is 9.41. The van der Waals surface area contributed by atoms with Crippen LogP contribution in [0.5, 0.6) is 0 Å². The van der Waals surface area contributed by atoms with Gasteiger partial charge in [-0.25, -0.2) is 4.79 Å². The van der Waals surface area contributed by atoms with Gasteiger partial charge < -0.3 is 34.6 Å². The molecule has 4 N–H and O–H groups in total. The van der Waals surface area contributed by atoms with Gasteiger partial charge in [-0.3, -0.25) is 4.99 Å². The Morgan fingerprint density at radius 1 is 1.15 bits per heavy atom. The second-order valence-corrected chi connectivity index (χ2v) is 13.8. The van der Waals surface area contributed by atoms with Crippen LogP contribution in [-0.4, -0.2) is 87.7 Å². The summed E-state index contributed by atoms with van der Waals surface area (Å²) in [7, 11) is 0. The SMILES string of the molecule is C[C@@H]1O[C@H](O[C@H]2CC[C@]3(C=NCC#N)[C@H]4CC[C@]5(C)[C@@H](C6=CC(=O)OC6)CC[C@]5(O)[C@@H]4CC[C@]3(O)C2)C[C@H](O)[C@@H]1O. The maximum atomic E-state index is 12.5. The van der Waals surface area contributed by atoms with Crippen LogP contribution in [0, 0.1) is 39.9 Å². The minimum atomic E-state index is -1.13. The summed E-state index contributed by atoms with van der Waals surface area (Å²) < 4.78 is 17.3. The Hall–Kier alpha value is -1.87. The first-order valence-corrected chi connectivity index (χ1v) is 15.3. The number of hydrogen-bond donors (Lipinski definition) is 4. The lowest BCUT2D eigenvalue weighted by molar-refractivity contribution is -0.282. The maximum Gasteiger partial charge on any atom is 0.331 e. The van der Waals surface area contributed by atoms with Gasteiger partial charge in [-0.2, -0.15) is 5.26 Å². The first-order valence-electron chi connectivity index (χ1n) is 15.3. The number of carbonyl (C=O) groups excluding carboxylic acids is 1. The first-order chi connectivity index (χ1) is 19.5. The van der Waals surface area contributed by atoms with Gasteiger partial charge in [-0.05, 0) is 81.6 Å². The molecule has 4 aliphatic carbocycles. The van der Waals surface area contributed by atoms with Crippen LogP contribution >= 0.6 is 0 Å². The number of rotatable bonds is 5. The van der Waals surface area contributed by atoms with Crippen LogP contribution in [-0.2, 0) is 19.0 Å². The summed E-state index contributed by atoms with van der Waals surface area (Å²) >= 11 is 0. The molecule has 0 bridgehead atoms. The van der Waals surface area contributed by atoms with Gasteiger partial charge in [-0.15, -0.1) is 0 Å². The monoisotopic (exact) mass is 572 g/mol. The van der Waals surface area contributed by atoms with Crippen LogP contribution in [0.3, 0.4) is 0 Å². The summed E-state index contributed by atoms with van der Waals surface area (Å²) in [5.74, 6) is -0.282. The van der Waals surface area contributed by atoms with Gasteiger partial charge in [-0.1, -0.05) is 6.92 Å². The molecule has 10 heteroatoms. The molecule has 10 nitrogen and oxygen atoms in total. The zero-order valence-corrected chi connectivity index (χ0v) is 24.1. The van der Waals surface area contributed by atoms with Gasteiger partial charge in [0.15, 0.2) is 6.29 Å². The number of cyclic esters (lactones) is 1. The van der Waals surface area contributed by atoms with Crippen molar-refractivity contribution >= 4 is 12.2 Å². The lowest BCUT2D eigenvalue weighted by Gasteiger charge is -2.66. The molecule has 0 amide bonds. The highest BCUT2D eigenvalue weighted by atomic mass is 16.7. The van der Waals surface area contributed by atoms with Gasteiger partial charge in [0, 0.05) is 36.0 Å². The third-order valence-corrected chi connectivity index (χ3v) is 12.1. The maximum absolute atomic E-state index is 12.5. The molecule has 0 aromatic heterocycles. The van der Waals surface area contributed by atoms with E-state index < -0.39 is 46.6 Å². The second-order valence-electron chi connectivity index (χ2n) is 13.8. The van der Waals surface area contributed by atoms with Crippen molar-refractivity contribution in [1.82, 2.24) is 0 Å². The topological polar surface area (TPSA) is 162 Å². The molecule has 5 fully saturated rings. The molecule has 2 aliphatic heterocycles. The van der Waals surface area contributed by atoms with Crippen LogP contribution < -0.4 is 0 Å². The van der Waals surface area contributed by atoms with Crippen molar-refractivity contribution in [3.8, 4) is 6.07 Å². The number of hydrogen-bond acceptors (Lipinski definition) is 10. The number of nitriles is 1. The third-order valence-electron chi connectivity index (χ3n) is 12.1. The molecule has 4 saturated carbocycles. The summed E-state index contributed by atoms with van der Waals surface area (Å²) in [6.07, 6.45) is 5.97. The number of aliphatic hydroxyl groups excluding tert-OH is 2. The Labute approximate surface area is 241 Å². The second kappa shape index (κ2) is 10.4. The Morgan fingerprint density at radius 2 is 1.93 bits per heavy atom. The minimum Gasteiger partial charge on any atom is -0.458 e. The molecule has 6 aliphatic rings. The highest BCUT2D eigenvalue weighted by Gasteiger charge is 2.71. The van der Waals surface area contributed by atoms with Crippen LogP contribution in [0.2, 0.25) is 0 Å². The molecule has 0 aromatic rings. The number of nitrogens with zero attached hydrogens (tertiary/aromatic N) is 2. The number of esters is 1. The fourth-order valence-corrected chi connectivity index (χ4v) is 10.0. The summed E-state index contributed by atoms with van der Waals surface area (Å²) in [4.78, 5) is 16.4. The van der Waals surface area contributed by atoms with Crippen molar-refractivity contribution < 1.29 is 39.4 Å². The number of aliphatic hydroxyl groups is 4. The summed E-state index contributed by atoms with van der Waals surface area (Å²) in [6.45, 7) is 4.19. The predicted octanol–water partition coefficient (Wildman–Crippen LogP) is 2.17. The van der Waals surface area contributed by atoms with Gasteiger partial charge in [0.25, 0.3) is 0 Å². The zero-order valence-electron chi connectivity index (χ0n) is 24.1. The highest BCUT2D eigenvalue weighted by molar-refractivity contribution is 5.85. The number of aliphatic imine (C=N–C) groups is 1. The largest absolute Gasteiger partial charge is 0.458 e. The van der Waals surface area contributed by atoms with Crippen LogP contribution in [0.1, 0.15) is 78.1 Å². The molecule has 0 spiro atoms. The van der Waals surface area contributed by atoms with Crippen molar-refractivity contribution in [2.45, 2.75) is 120 Å². The van der Waals surface area contributed by atoms with Gasteiger partial charge in [0.1, 0.15) is 19.3 Å². The fourth-order valence-electron chi connectivity index (χ4n) is 10.0. The Bertz CT molecular complexity index is 1140. The van der Waals surface area contributed by atoms with E-state index in [-0.39, 0.29) is 42.8 Å². The number of ether oxygens (including phenoxy) is 3. The summed E-state index contributed by atoms with van der Waals surface area (Å²) in [6, 6.07) is 2.09. The van der Waals surface area contributed by atoms with Crippen LogP contribution in [0.25, 0.3) is 0 Å². The van der Waals surface area contributed by atoms with E-state index in [4.69, 9.17) is 14.2 Å². The lowest BCUT2D eigenvalue weighted by Crippen LogP contribution is -2.69. The van der Waals surface area contributed by atoms with E-state index in [0.717, 1.165) is 24.8 Å². The van der Waals surface area contributed by atoms with E-state index in [0.29, 0.717) is 45.1 Å². The molecule has 41 heavy (non-hydrogen) atoms. The molecule has 2 heterocycles. The average molecular weight is 573 g/mol. The number of fused-ring (bicyclic) bond motifs is 5. The molecule has 0 radical (unpaired) electrons. The predicted molar refractivity (Wildman–Crippen MR) is 146 cm³/mol. The zero-order chi connectivity index (χ0) is 29.2. The molecule has 6 rings (SSSR count). The molecular formula is C31H44N2O8. The van der Waals surface area contributed by atoms with Crippen LogP contribution in [0.4, 0.5) is 0 Å². The Balaban J connectivity index is 1.26. The summed E-state index contributed by atoms with van der Waals surface area (Å²) in [5.41, 5.74) is -2.19. The van der Waals surface area contributed by atoms with E-state index in [1.54, 1.807) is 13.0 Å². The normalized spacial score (nSPS) is 51.3. The van der Waals surface area contributed by atoms with E-state index in [9.17, 15) is 30.5 Å². The molecule has 226 valence electrons. The number of carbonyl (C=O) groups is 1. The fraction of sp³-hybridized carbons (Fsp3) is 0.839. The van der Waals surface area contributed by atoms with E-state index in [1.165, 1.54) is 0 Å². The van der Waals surface area contributed by atoms with Gasteiger partial charge in [0.2, 0.25) is 0 Å². The highest BCUT2D eigenvalue weighted by Crippen LogP contribution is 2.70. The van der Waals surface area contributed by atoms with Crippen molar-refractivity contribution in [2.24, 2.45) is 33.6 Å². The van der Waals surface area contributed by atoms with Crippen molar-refractivity contribution in [3.05, 3.63) is 11.6 Å². The molecular weight excluding hydrogens is 528 g/mol. The standard InChI is InChI=1S/C31H44N2O8/c1-18-27(36)24(34)14-26(40-18)41-20-3-8-29(17-33-12-11-32)22-4-7-28(2)21(19-13-25(35)39-16-19)6-10-31(28,38)23(22)5-9-30(29,37)15-20/h13,17-18,20-24,26-27,34,36-38H,3-10,12,14-16H2,1-2H3/t18-,20-,21+,22-,23+,24-,26+,27+,28+,29-,30-,31-/m0/s1. The summed E-state index contributed by atoms with van der Waals surface area (Å²) in [5, 5.41) is 54.5. The molecule has 0 unspecified atom stereocenters. The van der Waals surface area contributed by atoms with E-state index >= 15 is 0 Å². The smallest absolute Gasteiger partial charge is 0.331 e. The minimum absolute atomic E-state index is 0.00933. The Morgan fingerprint density at radius 3 is 2.63 bits per heavy atom. The van der Waals surface area contributed by atoms with E-state index in [2.05, 4.69) is 18.0 Å². The van der Waals surface area contributed by atoms with Crippen molar-refractivity contribution in [3.63, 3.8) is 0 Å². The molecule has 1 saturated heterocycles. The molecule has 12 atom stereocenters. The Kier molecular flexibility index (Phi) is 7.40. The first kappa shape index (κ1) is 29.2. The van der Waals surface area contributed by atoms with E-state index in [1.807, 2.05) is 6.21 Å². The van der Waals surface area contributed by atoms with Crippen molar-refractivity contribution in [2.75, 3.05) is 13.2 Å². The molecule has 0 aromatic carbocycles. The van der Waals surface area contributed by atoms with Crippen molar-refractivity contribution in [1.29, 1.82) is 5.26 Å². The average Bonchev–Trinajstić information content (AvgIpc) is 3.47. The van der Waals surface area contributed by atoms with Crippen LogP contribution in [0.15, 0.2) is 16.6 Å². The van der Waals surface area contributed by atoms with Gasteiger partial charge >= 0.3 is 5.97 Å². The third kappa shape index (κ3) is 4.42. The van der Waals surface area contributed by atoms with Gasteiger partial charge in [0.05, 0.1) is 35.6 Å².